The standard InChI is InChI=1S/C25H27NO5S/c1-3-10-20-15-16-24(25(17-20)30-2)31-19-22(27)18-26(21-11-6-4-7-12-21)32(28,29)23-13-8-5-9-14-23/h3-9,11-17,22,27H,1,10,18-19H2,2H3. The van der Waals surface area contributed by atoms with Gasteiger partial charge in [-0.05, 0) is 48.4 Å². The summed E-state index contributed by atoms with van der Waals surface area (Å²) in [4.78, 5) is 0.149. The van der Waals surface area contributed by atoms with Crippen LogP contribution in [-0.2, 0) is 16.4 Å². The molecule has 168 valence electrons. The Balaban J connectivity index is 1.78. The van der Waals surface area contributed by atoms with Crippen LogP contribution in [0, 0.1) is 0 Å². The molecule has 0 aromatic heterocycles. The second-order valence-electron chi connectivity index (χ2n) is 7.13. The average Bonchev–Trinajstić information content (AvgIpc) is 2.82. The van der Waals surface area contributed by atoms with Gasteiger partial charge in [-0.1, -0.05) is 48.5 Å². The van der Waals surface area contributed by atoms with Crippen molar-refractivity contribution in [1.29, 1.82) is 0 Å². The first-order valence-electron chi connectivity index (χ1n) is 10.2. The number of methoxy groups -OCH3 is 1. The molecule has 0 radical (unpaired) electrons. The van der Waals surface area contributed by atoms with Gasteiger partial charge >= 0.3 is 0 Å². The fourth-order valence-electron chi connectivity index (χ4n) is 3.21. The first-order chi connectivity index (χ1) is 15.5. The first-order valence-corrected chi connectivity index (χ1v) is 11.6. The number of para-hydroxylation sites is 1. The van der Waals surface area contributed by atoms with Crippen molar-refractivity contribution in [2.75, 3.05) is 24.6 Å². The first kappa shape index (κ1) is 23.4. The summed E-state index contributed by atoms with van der Waals surface area (Å²) in [7, 11) is -2.33. The van der Waals surface area contributed by atoms with E-state index < -0.39 is 16.1 Å². The number of allylic oxidation sites excluding steroid dienone is 1. The third kappa shape index (κ3) is 5.69. The highest BCUT2D eigenvalue weighted by molar-refractivity contribution is 7.92. The average molecular weight is 454 g/mol. The number of rotatable bonds is 11. The van der Waals surface area contributed by atoms with Crippen molar-refractivity contribution in [2.24, 2.45) is 0 Å². The van der Waals surface area contributed by atoms with Gasteiger partial charge in [0.2, 0.25) is 0 Å². The van der Waals surface area contributed by atoms with Crippen LogP contribution in [0.5, 0.6) is 11.5 Å². The summed E-state index contributed by atoms with van der Waals surface area (Å²) in [6, 6.07) is 22.3. The Hall–Kier alpha value is -3.29. The maximum atomic E-state index is 13.3. The molecule has 32 heavy (non-hydrogen) atoms. The molecule has 0 aliphatic rings. The van der Waals surface area contributed by atoms with Gasteiger partial charge in [-0.3, -0.25) is 4.31 Å². The Kier molecular flexibility index (Phi) is 7.92. The summed E-state index contributed by atoms with van der Waals surface area (Å²) in [5, 5.41) is 10.7. The van der Waals surface area contributed by atoms with Gasteiger partial charge in [0.15, 0.2) is 11.5 Å². The van der Waals surface area contributed by atoms with Crippen LogP contribution in [0.15, 0.2) is 96.4 Å². The van der Waals surface area contributed by atoms with Crippen LogP contribution in [0.1, 0.15) is 5.56 Å². The van der Waals surface area contributed by atoms with E-state index in [1.807, 2.05) is 12.1 Å². The number of aliphatic hydroxyl groups excluding tert-OH is 1. The molecule has 0 heterocycles. The van der Waals surface area contributed by atoms with Crippen molar-refractivity contribution in [2.45, 2.75) is 17.4 Å². The Morgan fingerprint density at radius 1 is 1.00 bits per heavy atom. The van der Waals surface area contributed by atoms with Crippen molar-refractivity contribution in [3.63, 3.8) is 0 Å². The molecule has 0 spiro atoms. The van der Waals surface area contributed by atoms with Gasteiger partial charge in [-0.2, -0.15) is 0 Å². The maximum Gasteiger partial charge on any atom is 0.264 e. The highest BCUT2D eigenvalue weighted by Gasteiger charge is 2.27. The van der Waals surface area contributed by atoms with Crippen molar-refractivity contribution in [1.82, 2.24) is 0 Å². The lowest BCUT2D eigenvalue weighted by molar-refractivity contribution is 0.113. The van der Waals surface area contributed by atoms with Crippen LogP contribution >= 0.6 is 0 Å². The van der Waals surface area contributed by atoms with E-state index in [0.29, 0.717) is 23.6 Å². The number of benzene rings is 3. The largest absolute Gasteiger partial charge is 0.493 e. The minimum Gasteiger partial charge on any atom is -0.493 e. The zero-order valence-electron chi connectivity index (χ0n) is 17.9. The molecule has 3 aromatic rings. The molecule has 1 N–H and O–H groups in total. The number of sulfonamides is 1. The van der Waals surface area contributed by atoms with Crippen LogP contribution < -0.4 is 13.8 Å². The van der Waals surface area contributed by atoms with Crippen LogP contribution in [0.25, 0.3) is 0 Å². The fourth-order valence-corrected chi connectivity index (χ4v) is 4.73. The topological polar surface area (TPSA) is 76.1 Å². The molecular formula is C25H27NO5S. The summed E-state index contributed by atoms with van der Waals surface area (Å²) in [5.41, 5.74) is 1.48. The third-order valence-corrected chi connectivity index (χ3v) is 6.60. The second-order valence-corrected chi connectivity index (χ2v) is 8.99. The molecule has 3 aromatic carbocycles. The predicted molar refractivity (Wildman–Crippen MR) is 126 cm³/mol. The number of aliphatic hydroxyl groups is 1. The van der Waals surface area contributed by atoms with Gasteiger partial charge in [0.05, 0.1) is 24.2 Å². The minimum atomic E-state index is -3.87. The molecule has 0 bridgehead atoms. The summed E-state index contributed by atoms with van der Waals surface area (Å²) < 4.78 is 38.9. The predicted octanol–water partition coefficient (Wildman–Crippen LogP) is 4.06. The van der Waals surface area contributed by atoms with Crippen LogP contribution in [-0.4, -0.2) is 39.9 Å². The molecule has 7 heteroatoms. The van der Waals surface area contributed by atoms with E-state index in [2.05, 4.69) is 6.58 Å². The Bertz CT molecular complexity index is 1120. The molecule has 0 aliphatic heterocycles. The lowest BCUT2D eigenvalue weighted by atomic mass is 10.1. The van der Waals surface area contributed by atoms with Gasteiger partial charge in [0.25, 0.3) is 10.0 Å². The zero-order chi connectivity index (χ0) is 23.0. The summed E-state index contributed by atoms with van der Waals surface area (Å²) in [6.45, 7) is 3.45. The van der Waals surface area contributed by atoms with Gasteiger partial charge in [0.1, 0.15) is 12.7 Å². The molecule has 0 amide bonds. The molecule has 0 saturated carbocycles. The molecule has 0 saturated heterocycles. The van der Waals surface area contributed by atoms with Crippen LogP contribution in [0.3, 0.4) is 0 Å². The number of hydrogen-bond acceptors (Lipinski definition) is 5. The van der Waals surface area contributed by atoms with Gasteiger partial charge in [-0.25, -0.2) is 8.42 Å². The van der Waals surface area contributed by atoms with Gasteiger partial charge in [0, 0.05) is 0 Å². The van der Waals surface area contributed by atoms with Crippen LogP contribution in [0.4, 0.5) is 5.69 Å². The van der Waals surface area contributed by atoms with Gasteiger partial charge in [-0.15, -0.1) is 6.58 Å². The van der Waals surface area contributed by atoms with E-state index in [0.717, 1.165) is 5.56 Å². The number of hydrogen-bond donors (Lipinski definition) is 1. The van der Waals surface area contributed by atoms with Gasteiger partial charge < -0.3 is 14.6 Å². The van der Waals surface area contributed by atoms with E-state index in [9.17, 15) is 13.5 Å². The third-order valence-electron chi connectivity index (χ3n) is 4.79. The molecular weight excluding hydrogens is 426 g/mol. The minimum absolute atomic E-state index is 0.106. The Labute approximate surface area is 189 Å². The highest BCUT2D eigenvalue weighted by Crippen LogP contribution is 2.29. The summed E-state index contributed by atoms with van der Waals surface area (Å²) in [5.74, 6) is 1.00. The van der Waals surface area contributed by atoms with E-state index in [-0.39, 0.29) is 18.0 Å². The number of ether oxygens (including phenoxy) is 2. The quantitative estimate of drug-likeness (QED) is 0.443. The van der Waals surface area contributed by atoms with Crippen LogP contribution in [0.2, 0.25) is 0 Å². The summed E-state index contributed by atoms with van der Waals surface area (Å²) >= 11 is 0. The van der Waals surface area contributed by atoms with E-state index >= 15 is 0 Å². The summed E-state index contributed by atoms with van der Waals surface area (Å²) in [6.07, 6.45) is 1.42. The van der Waals surface area contributed by atoms with E-state index in [4.69, 9.17) is 9.47 Å². The van der Waals surface area contributed by atoms with Crippen molar-refractivity contribution < 1.29 is 23.0 Å². The molecule has 0 fully saturated rings. The number of anilines is 1. The smallest absolute Gasteiger partial charge is 0.264 e. The fraction of sp³-hybridized carbons (Fsp3) is 0.200. The molecule has 6 nitrogen and oxygen atoms in total. The Morgan fingerprint density at radius 3 is 2.28 bits per heavy atom. The maximum absolute atomic E-state index is 13.3. The highest BCUT2D eigenvalue weighted by atomic mass is 32.2. The lowest BCUT2D eigenvalue weighted by Crippen LogP contribution is -2.39. The molecule has 0 aliphatic carbocycles. The SMILES string of the molecule is C=CCc1ccc(OCC(O)CN(c2ccccc2)S(=O)(=O)c2ccccc2)c(OC)c1. The second kappa shape index (κ2) is 10.8. The Morgan fingerprint density at radius 2 is 1.66 bits per heavy atom. The van der Waals surface area contributed by atoms with E-state index in [1.165, 1.54) is 16.4 Å². The number of nitrogens with zero attached hydrogens (tertiary/aromatic N) is 1. The van der Waals surface area contributed by atoms with E-state index in [1.54, 1.807) is 67.8 Å². The molecule has 1 atom stereocenters. The lowest BCUT2D eigenvalue weighted by Gasteiger charge is -2.27. The van der Waals surface area contributed by atoms with Crippen molar-refractivity contribution >= 4 is 15.7 Å². The van der Waals surface area contributed by atoms with Crippen molar-refractivity contribution in [3.05, 3.63) is 97.1 Å². The molecule has 3 rings (SSSR count). The molecule has 1 unspecified atom stereocenters. The normalized spacial score (nSPS) is 12.1. The zero-order valence-corrected chi connectivity index (χ0v) is 18.7. The monoisotopic (exact) mass is 453 g/mol. The van der Waals surface area contributed by atoms with Crippen molar-refractivity contribution in [3.8, 4) is 11.5 Å².